The van der Waals surface area contributed by atoms with Crippen molar-refractivity contribution in [3.05, 3.63) is 23.7 Å². The number of hydrogen-bond acceptors (Lipinski definition) is 5. The third-order valence-corrected chi connectivity index (χ3v) is 4.75. The number of nitrogens with one attached hydrogen (secondary N) is 1. The molecule has 1 unspecified atom stereocenters. The fourth-order valence-corrected chi connectivity index (χ4v) is 3.41. The number of thioether (sulfide) groups is 1. The standard InChI is InChI=1S/C14H16N2O5S/c17-12(15-5-8-1-2-8)9-6-22-7-16(9)13(18)10-3-4-11(21-10)14(19)20/h3-4,8-9H,1-2,5-7H2,(H,15,17)(H,19,20). The minimum Gasteiger partial charge on any atom is -0.475 e. The van der Waals surface area contributed by atoms with Gasteiger partial charge in [0.15, 0.2) is 5.76 Å². The van der Waals surface area contributed by atoms with E-state index in [2.05, 4.69) is 5.32 Å². The number of amides is 2. The summed E-state index contributed by atoms with van der Waals surface area (Å²) in [5.41, 5.74) is 0. The van der Waals surface area contributed by atoms with Gasteiger partial charge in [-0.05, 0) is 30.9 Å². The molecule has 7 nitrogen and oxygen atoms in total. The van der Waals surface area contributed by atoms with Crippen LogP contribution in [0.1, 0.15) is 34.0 Å². The summed E-state index contributed by atoms with van der Waals surface area (Å²) in [6.07, 6.45) is 2.29. The molecule has 0 aromatic carbocycles. The van der Waals surface area contributed by atoms with Crippen LogP contribution in [0, 0.1) is 5.92 Å². The predicted octanol–water partition coefficient (Wildman–Crippen LogP) is 1.02. The fraction of sp³-hybridized carbons (Fsp3) is 0.500. The highest BCUT2D eigenvalue weighted by molar-refractivity contribution is 7.99. The molecule has 1 atom stereocenters. The van der Waals surface area contributed by atoms with Crippen LogP contribution < -0.4 is 5.32 Å². The average molecular weight is 324 g/mol. The fourth-order valence-electron chi connectivity index (χ4n) is 2.25. The van der Waals surface area contributed by atoms with Gasteiger partial charge >= 0.3 is 5.97 Å². The predicted molar refractivity (Wildman–Crippen MR) is 78.7 cm³/mol. The van der Waals surface area contributed by atoms with Crippen molar-refractivity contribution in [1.82, 2.24) is 10.2 Å². The molecule has 2 fully saturated rings. The highest BCUT2D eigenvalue weighted by Gasteiger charge is 2.37. The SMILES string of the molecule is O=C(O)c1ccc(C(=O)N2CSCC2C(=O)NCC2CC2)o1. The maximum Gasteiger partial charge on any atom is 0.371 e. The van der Waals surface area contributed by atoms with Gasteiger partial charge in [-0.15, -0.1) is 11.8 Å². The van der Waals surface area contributed by atoms with Gasteiger partial charge in [0.2, 0.25) is 11.7 Å². The molecule has 3 rings (SSSR count). The zero-order chi connectivity index (χ0) is 15.7. The number of carboxylic acids is 1. The average Bonchev–Trinajstić information content (AvgIpc) is 3.02. The van der Waals surface area contributed by atoms with Crippen molar-refractivity contribution in [1.29, 1.82) is 0 Å². The molecule has 2 heterocycles. The molecule has 1 saturated carbocycles. The Hall–Kier alpha value is -1.96. The highest BCUT2D eigenvalue weighted by atomic mass is 32.2. The summed E-state index contributed by atoms with van der Waals surface area (Å²) in [4.78, 5) is 36.8. The number of carbonyl (C=O) groups is 3. The molecule has 1 saturated heterocycles. The Labute approximate surface area is 131 Å². The largest absolute Gasteiger partial charge is 0.475 e. The van der Waals surface area contributed by atoms with Gasteiger partial charge in [0, 0.05) is 12.3 Å². The lowest BCUT2D eigenvalue weighted by atomic mass is 10.2. The molecule has 1 aliphatic heterocycles. The Bertz CT molecular complexity index is 610. The number of carbonyl (C=O) groups excluding carboxylic acids is 2. The molecular formula is C14H16N2O5S. The Morgan fingerprint density at radius 2 is 2.05 bits per heavy atom. The minimum atomic E-state index is -1.23. The van der Waals surface area contributed by atoms with E-state index in [1.54, 1.807) is 0 Å². The van der Waals surface area contributed by atoms with E-state index in [0.29, 0.717) is 24.1 Å². The number of furan rings is 1. The van der Waals surface area contributed by atoms with E-state index in [-0.39, 0.29) is 17.4 Å². The van der Waals surface area contributed by atoms with E-state index in [4.69, 9.17) is 9.52 Å². The van der Waals surface area contributed by atoms with Gasteiger partial charge < -0.3 is 19.7 Å². The van der Waals surface area contributed by atoms with E-state index in [0.717, 1.165) is 12.8 Å². The maximum atomic E-state index is 12.4. The van der Waals surface area contributed by atoms with E-state index in [1.807, 2.05) is 0 Å². The molecule has 1 aromatic rings. The van der Waals surface area contributed by atoms with E-state index in [1.165, 1.54) is 28.8 Å². The maximum absolute atomic E-state index is 12.4. The molecule has 22 heavy (non-hydrogen) atoms. The van der Waals surface area contributed by atoms with Crippen molar-refractivity contribution in [3.8, 4) is 0 Å². The lowest BCUT2D eigenvalue weighted by Gasteiger charge is -2.22. The van der Waals surface area contributed by atoms with Crippen LogP contribution in [-0.2, 0) is 4.79 Å². The summed E-state index contributed by atoms with van der Waals surface area (Å²) in [7, 11) is 0. The molecule has 2 N–H and O–H groups in total. The van der Waals surface area contributed by atoms with E-state index < -0.39 is 17.9 Å². The van der Waals surface area contributed by atoms with E-state index in [9.17, 15) is 14.4 Å². The summed E-state index contributed by atoms with van der Waals surface area (Å²) >= 11 is 1.49. The lowest BCUT2D eigenvalue weighted by molar-refractivity contribution is -0.124. The van der Waals surface area contributed by atoms with Crippen LogP contribution >= 0.6 is 11.8 Å². The summed E-state index contributed by atoms with van der Waals surface area (Å²) in [6, 6.07) is 2.03. The minimum absolute atomic E-state index is 0.0557. The molecule has 0 radical (unpaired) electrons. The summed E-state index contributed by atoms with van der Waals surface area (Å²) in [5.74, 6) is -0.679. The Kier molecular flexibility index (Phi) is 4.10. The molecule has 1 aliphatic carbocycles. The number of hydrogen-bond donors (Lipinski definition) is 2. The first-order chi connectivity index (χ1) is 10.6. The van der Waals surface area contributed by atoms with Crippen LogP contribution in [0.25, 0.3) is 0 Å². The van der Waals surface area contributed by atoms with Gasteiger partial charge in [-0.1, -0.05) is 0 Å². The second kappa shape index (κ2) is 6.04. The van der Waals surface area contributed by atoms with Crippen LogP contribution in [0.15, 0.2) is 16.5 Å². The smallest absolute Gasteiger partial charge is 0.371 e. The first-order valence-electron chi connectivity index (χ1n) is 7.06. The number of nitrogens with zero attached hydrogens (tertiary/aromatic N) is 1. The number of aromatic carboxylic acids is 1. The van der Waals surface area contributed by atoms with Gasteiger partial charge in [-0.2, -0.15) is 0 Å². The summed E-state index contributed by atoms with van der Waals surface area (Å²) in [6.45, 7) is 0.659. The quantitative estimate of drug-likeness (QED) is 0.839. The van der Waals surface area contributed by atoms with Crippen LogP contribution in [0.5, 0.6) is 0 Å². The first-order valence-corrected chi connectivity index (χ1v) is 8.21. The van der Waals surface area contributed by atoms with Crippen LogP contribution in [0.3, 0.4) is 0 Å². The van der Waals surface area contributed by atoms with Crippen molar-refractivity contribution in [2.75, 3.05) is 18.2 Å². The van der Waals surface area contributed by atoms with Gasteiger partial charge in [-0.3, -0.25) is 9.59 Å². The van der Waals surface area contributed by atoms with Gasteiger partial charge in [0.05, 0.1) is 5.88 Å². The molecule has 2 aliphatic rings. The van der Waals surface area contributed by atoms with Crippen molar-refractivity contribution >= 4 is 29.5 Å². The number of carboxylic acid groups (broad SMARTS) is 1. The molecule has 2 amide bonds. The van der Waals surface area contributed by atoms with Crippen molar-refractivity contribution in [3.63, 3.8) is 0 Å². The van der Waals surface area contributed by atoms with Gasteiger partial charge in [0.1, 0.15) is 6.04 Å². The van der Waals surface area contributed by atoms with Crippen molar-refractivity contribution in [2.24, 2.45) is 5.92 Å². The zero-order valence-corrected chi connectivity index (χ0v) is 12.6. The molecule has 118 valence electrons. The monoisotopic (exact) mass is 324 g/mol. The molecule has 8 heteroatoms. The van der Waals surface area contributed by atoms with Crippen LogP contribution in [0.4, 0.5) is 0 Å². The topological polar surface area (TPSA) is 99.9 Å². The second-order valence-electron chi connectivity index (χ2n) is 5.45. The molecule has 1 aromatic heterocycles. The third kappa shape index (κ3) is 3.11. The van der Waals surface area contributed by atoms with Crippen molar-refractivity contribution in [2.45, 2.75) is 18.9 Å². The van der Waals surface area contributed by atoms with Gasteiger partial charge in [-0.25, -0.2) is 4.79 Å². The Morgan fingerprint density at radius 3 is 2.68 bits per heavy atom. The van der Waals surface area contributed by atoms with E-state index >= 15 is 0 Å². The normalized spacial score (nSPS) is 20.9. The lowest BCUT2D eigenvalue weighted by Crippen LogP contribution is -2.47. The van der Waals surface area contributed by atoms with Crippen molar-refractivity contribution < 1.29 is 23.9 Å². The summed E-state index contributed by atoms with van der Waals surface area (Å²) < 4.78 is 5.02. The Morgan fingerprint density at radius 1 is 1.32 bits per heavy atom. The Balaban J connectivity index is 1.66. The third-order valence-electron chi connectivity index (χ3n) is 3.74. The second-order valence-corrected chi connectivity index (χ2v) is 6.45. The van der Waals surface area contributed by atoms with Crippen LogP contribution in [0.2, 0.25) is 0 Å². The number of rotatable bonds is 5. The molecular weight excluding hydrogens is 308 g/mol. The van der Waals surface area contributed by atoms with Gasteiger partial charge in [0.25, 0.3) is 5.91 Å². The van der Waals surface area contributed by atoms with Crippen LogP contribution in [-0.4, -0.2) is 52.0 Å². The first kappa shape index (κ1) is 15.0. The highest BCUT2D eigenvalue weighted by Crippen LogP contribution is 2.28. The summed E-state index contributed by atoms with van der Waals surface area (Å²) in [5, 5.41) is 11.7. The zero-order valence-electron chi connectivity index (χ0n) is 11.8. The molecule has 0 spiro atoms. The molecule has 0 bridgehead atoms.